The summed E-state index contributed by atoms with van der Waals surface area (Å²) >= 11 is 0. The molecule has 1 aromatic heterocycles. The summed E-state index contributed by atoms with van der Waals surface area (Å²) in [5.74, 6) is -0.186. The fourth-order valence-electron chi connectivity index (χ4n) is 1.76. The van der Waals surface area contributed by atoms with Gasteiger partial charge in [0.1, 0.15) is 11.6 Å². The Labute approximate surface area is 131 Å². The van der Waals surface area contributed by atoms with Crippen LogP contribution in [0.4, 0.5) is 11.4 Å². The van der Waals surface area contributed by atoms with Crippen LogP contribution < -0.4 is 16.1 Å². The lowest BCUT2D eigenvalue weighted by molar-refractivity contribution is -0.114. The van der Waals surface area contributed by atoms with E-state index >= 15 is 0 Å². The van der Waals surface area contributed by atoms with Gasteiger partial charge in [-0.25, -0.2) is 0 Å². The Morgan fingerprint density at radius 3 is 2.83 bits per heavy atom. The minimum absolute atomic E-state index is 0.0981. The standard InChI is InChI=1S/C12H12BN7O3/c1-7(21)16-9-2-3-11(10(4-9)13(22)23)15-6-8(5-14)12-17-19-20-18-12/h2-4,6,15,22-23H,1H3,(H,16,21)(H,17,18,19,20). The first kappa shape index (κ1) is 16.2. The second-order valence-corrected chi connectivity index (χ2v) is 4.41. The summed E-state index contributed by atoms with van der Waals surface area (Å²) in [7, 11) is -1.77. The smallest absolute Gasteiger partial charge is 0.423 e. The number of benzene rings is 1. The Bertz CT molecular complexity index is 767. The Kier molecular flexibility index (Phi) is 5.03. The predicted octanol–water partition coefficient (Wildman–Crippen LogP) is -1.19. The third-order valence-corrected chi connectivity index (χ3v) is 2.73. The van der Waals surface area contributed by atoms with E-state index in [1.807, 2.05) is 6.07 Å². The van der Waals surface area contributed by atoms with E-state index < -0.39 is 7.12 Å². The van der Waals surface area contributed by atoms with Crippen molar-refractivity contribution in [2.75, 3.05) is 10.6 Å². The molecule has 116 valence electrons. The molecule has 0 radical (unpaired) electrons. The molecule has 5 N–H and O–H groups in total. The van der Waals surface area contributed by atoms with E-state index in [0.717, 1.165) is 0 Å². The molecule has 1 aromatic carbocycles. The summed E-state index contributed by atoms with van der Waals surface area (Å²) in [6, 6.07) is 6.40. The number of anilines is 2. The van der Waals surface area contributed by atoms with Gasteiger partial charge in [0, 0.05) is 30.0 Å². The fraction of sp³-hybridized carbons (Fsp3) is 0.0833. The van der Waals surface area contributed by atoms with Crippen LogP contribution in [-0.2, 0) is 4.79 Å². The highest BCUT2D eigenvalue weighted by atomic mass is 16.4. The highest BCUT2D eigenvalue weighted by Crippen LogP contribution is 2.14. The van der Waals surface area contributed by atoms with Crippen molar-refractivity contribution < 1.29 is 14.8 Å². The molecule has 0 aliphatic rings. The largest absolute Gasteiger partial charge is 0.490 e. The van der Waals surface area contributed by atoms with Gasteiger partial charge < -0.3 is 20.7 Å². The van der Waals surface area contributed by atoms with E-state index in [1.165, 1.54) is 25.3 Å². The van der Waals surface area contributed by atoms with Crippen LogP contribution in [0, 0.1) is 11.3 Å². The van der Waals surface area contributed by atoms with E-state index in [0.29, 0.717) is 11.4 Å². The molecular weight excluding hydrogens is 301 g/mol. The fourth-order valence-corrected chi connectivity index (χ4v) is 1.76. The molecule has 0 bridgehead atoms. The van der Waals surface area contributed by atoms with Crippen molar-refractivity contribution >= 4 is 35.4 Å². The van der Waals surface area contributed by atoms with Crippen molar-refractivity contribution in [1.82, 2.24) is 20.6 Å². The Morgan fingerprint density at radius 2 is 2.26 bits per heavy atom. The van der Waals surface area contributed by atoms with Crippen molar-refractivity contribution in [2.45, 2.75) is 6.92 Å². The summed E-state index contributed by atoms with van der Waals surface area (Å²) in [4.78, 5) is 11.0. The minimum atomic E-state index is -1.77. The molecule has 0 unspecified atom stereocenters. The zero-order chi connectivity index (χ0) is 16.8. The molecule has 1 heterocycles. The van der Waals surface area contributed by atoms with Crippen molar-refractivity contribution in [3.63, 3.8) is 0 Å². The maximum Gasteiger partial charge on any atom is 0.490 e. The number of nitrogens with one attached hydrogen (secondary N) is 3. The number of amides is 1. The van der Waals surface area contributed by atoms with Crippen LogP contribution in [0.25, 0.3) is 5.57 Å². The number of carbonyl (C=O) groups is 1. The highest BCUT2D eigenvalue weighted by Gasteiger charge is 2.17. The van der Waals surface area contributed by atoms with Gasteiger partial charge in [0.25, 0.3) is 0 Å². The van der Waals surface area contributed by atoms with Gasteiger partial charge in [0.15, 0.2) is 0 Å². The zero-order valence-electron chi connectivity index (χ0n) is 12.0. The molecule has 0 saturated carbocycles. The van der Waals surface area contributed by atoms with Gasteiger partial charge in [0.05, 0.1) is 0 Å². The SMILES string of the molecule is CC(=O)Nc1ccc(NC=C(C#N)c2nn[nH]n2)c(B(O)O)c1. The number of H-pyrrole nitrogens is 1. The van der Waals surface area contributed by atoms with Gasteiger partial charge in [-0.3, -0.25) is 4.79 Å². The second-order valence-electron chi connectivity index (χ2n) is 4.41. The molecule has 0 spiro atoms. The monoisotopic (exact) mass is 313 g/mol. The van der Waals surface area contributed by atoms with Crippen LogP contribution in [0.15, 0.2) is 24.4 Å². The quantitative estimate of drug-likeness (QED) is 0.340. The molecule has 0 aliphatic heterocycles. The summed E-state index contributed by atoms with van der Waals surface area (Å²) in [6.45, 7) is 1.34. The zero-order valence-corrected chi connectivity index (χ0v) is 12.0. The maximum absolute atomic E-state index is 11.0. The van der Waals surface area contributed by atoms with E-state index in [4.69, 9.17) is 5.26 Å². The number of allylic oxidation sites excluding steroid dienone is 1. The lowest BCUT2D eigenvalue weighted by atomic mass is 9.78. The van der Waals surface area contributed by atoms with Crippen molar-refractivity contribution in [3.05, 3.63) is 30.2 Å². The third kappa shape index (κ3) is 4.13. The number of tetrazole rings is 1. The number of aromatic amines is 1. The van der Waals surface area contributed by atoms with Crippen LogP contribution in [0.1, 0.15) is 12.7 Å². The number of rotatable bonds is 5. The van der Waals surface area contributed by atoms with E-state index in [9.17, 15) is 14.8 Å². The van der Waals surface area contributed by atoms with Crippen LogP contribution in [0.5, 0.6) is 0 Å². The van der Waals surface area contributed by atoms with Gasteiger partial charge in [-0.1, -0.05) is 0 Å². The molecule has 23 heavy (non-hydrogen) atoms. The highest BCUT2D eigenvalue weighted by molar-refractivity contribution is 6.60. The van der Waals surface area contributed by atoms with Crippen molar-refractivity contribution in [2.24, 2.45) is 0 Å². The lowest BCUT2D eigenvalue weighted by Gasteiger charge is -2.11. The molecule has 1 amide bonds. The van der Waals surface area contributed by atoms with Gasteiger partial charge in [-0.2, -0.15) is 10.5 Å². The topological polar surface area (TPSA) is 160 Å². The minimum Gasteiger partial charge on any atom is -0.423 e. The summed E-state index contributed by atoms with van der Waals surface area (Å²) in [5.41, 5.74) is 0.972. The van der Waals surface area contributed by atoms with Crippen LogP contribution in [-0.4, -0.2) is 43.7 Å². The molecule has 10 nitrogen and oxygen atoms in total. The van der Waals surface area contributed by atoms with Gasteiger partial charge in [0.2, 0.25) is 11.7 Å². The van der Waals surface area contributed by atoms with Gasteiger partial charge in [-0.15, -0.1) is 10.2 Å². The normalized spacial score (nSPS) is 10.8. The van der Waals surface area contributed by atoms with Crippen LogP contribution in [0.3, 0.4) is 0 Å². The van der Waals surface area contributed by atoms with Gasteiger partial charge in [-0.05, 0) is 23.4 Å². The molecular formula is C12H12BN7O3. The Hall–Kier alpha value is -3.23. The molecule has 0 aliphatic carbocycles. The van der Waals surface area contributed by atoms with Crippen LogP contribution >= 0.6 is 0 Å². The second kappa shape index (κ2) is 7.16. The summed E-state index contributed by atoms with van der Waals surface area (Å²) in [6.07, 6.45) is 1.31. The van der Waals surface area contributed by atoms with Crippen molar-refractivity contribution in [1.29, 1.82) is 5.26 Å². The third-order valence-electron chi connectivity index (χ3n) is 2.73. The molecule has 11 heteroatoms. The number of hydrogen-bond donors (Lipinski definition) is 5. The average Bonchev–Trinajstić information content (AvgIpc) is 3.02. The predicted molar refractivity (Wildman–Crippen MR) is 82.0 cm³/mol. The molecule has 2 rings (SSSR count). The first-order valence-corrected chi connectivity index (χ1v) is 6.39. The first-order chi connectivity index (χ1) is 11.0. The number of hydrogen-bond acceptors (Lipinski definition) is 8. The van der Waals surface area contributed by atoms with E-state index in [1.54, 1.807) is 6.07 Å². The van der Waals surface area contributed by atoms with E-state index in [-0.39, 0.29) is 22.8 Å². The maximum atomic E-state index is 11.0. The summed E-state index contributed by atoms with van der Waals surface area (Å²) in [5, 5.41) is 46.2. The van der Waals surface area contributed by atoms with Gasteiger partial charge >= 0.3 is 7.12 Å². The number of carbonyl (C=O) groups excluding carboxylic acids is 1. The number of nitrogens with zero attached hydrogens (tertiary/aromatic N) is 4. The average molecular weight is 313 g/mol. The molecule has 0 saturated heterocycles. The molecule has 2 aromatic rings. The van der Waals surface area contributed by atoms with Crippen LogP contribution in [0.2, 0.25) is 0 Å². The number of aromatic nitrogens is 4. The van der Waals surface area contributed by atoms with Crippen molar-refractivity contribution in [3.8, 4) is 6.07 Å². The van der Waals surface area contributed by atoms with E-state index in [2.05, 4.69) is 31.3 Å². The summed E-state index contributed by atoms with van der Waals surface area (Å²) < 4.78 is 0. The molecule has 0 atom stereocenters. The lowest BCUT2D eigenvalue weighted by Crippen LogP contribution is -2.32. The first-order valence-electron chi connectivity index (χ1n) is 6.39. The Morgan fingerprint density at radius 1 is 1.48 bits per heavy atom. The number of nitriles is 1. The molecule has 0 fully saturated rings. The Balaban J connectivity index is 2.28.